The Morgan fingerprint density at radius 2 is 0.434 bits per heavy atom. The van der Waals surface area contributed by atoms with E-state index in [-0.39, 0.29) is 25.7 Å². The lowest BCUT2D eigenvalue weighted by atomic mass is 10.0. The third-order valence-corrected chi connectivity index (χ3v) is 22.4. The van der Waals surface area contributed by atoms with Crippen molar-refractivity contribution < 1.29 is 80.2 Å². The minimum atomic E-state index is -4.97. The second-order valence-corrected chi connectivity index (χ2v) is 34.7. The molecule has 5 atom stereocenters. The highest BCUT2D eigenvalue weighted by molar-refractivity contribution is 7.47. The van der Waals surface area contributed by atoms with Gasteiger partial charge in [0, 0.05) is 25.7 Å². The van der Waals surface area contributed by atoms with Gasteiger partial charge >= 0.3 is 39.5 Å². The van der Waals surface area contributed by atoms with Crippen LogP contribution in [0.25, 0.3) is 0 Å². The van der Waals surface area contributed by atoms with E-state index in [0.29, 0.717) is 25.7 Å². The van der Waals surface area contributed by atoms with Crippen LogP contribution >= 0.6 is 15.6 Å². The van der Waals surface area contributed by atoms with E-state index in [1.165, 1.54) is 295 Å². The lowest BCUT2D eigenvalue weighted by molar-refractivity contribution is -0.161. The first kappa shape index (κ1) is 104. The van der Waals surface area contributed by atoms with Gasteiger partial charge in [0.25, 0.3) is 0 Å². The van der Waals surface area contributed by atoms with E-state index in [4.69, 9.17) is 37.0 Å². The molecule has 106 heavy (non-hydrogen) atoms. The van der Waals surface area contributed by atoms with E-state index < -0.39 is 97.5 Å². The van der Waals surface area contributed by atoms with Crippen molar-refractivity contribution in [3.8, 4) is 0 Å². The maximum atomic E-state index is 13.2. The van der Waals surface area contributed by atoms with E-state index in [1.807, 2.05) is 0 Å². The zero-order chi connectivity index (χ0) is 77.6. The molecule has 0 aliphatic heterocycles. The SMILES string of the molecule is CCCCCCCCCCCCCCCCCCCCCCC(=O)OC[C@H](COP(=O)(O)OC[C@@H](O)COP(=O)(O)OC[C@@H](COC(=O)CCCCCCCCCCC(C)C)OC(=O)CCCCCCCCCCCCCCCCC)OC(=O)CCCCCCCCCCCCCCCCCCCCCC. The van der Waals surface area contributed by atoms with Gasteiger partial charge in [-0.1, -0.05) is 420 Å². The summed E-state index contributed by atoms with van der Waals surface area (Å²) in [5, 5.41) is 10.7. The zero-order valence-corrected chi connectivity index (χ0v) is 71.4. The Morgan fingerprint density at radius 3 is 0.642 bits per heavy atom. The van der Waals surface area contributed by atoms with E-state index in [9.17, 15) is 43.2 Å². The fourth-order valence-corrected chi connectivity index (χ4v) is 15.2. The lowest BCUT2D eigenvalue weighted by Crippen LogP contribution is -2.30. The second-order valence-electron chi connectivity index (χ2n) is 31.8. The van der Waals surface area contributed by atoms with E-state index >= 15 is 0 Å². The predicted molar refractivity (Wildman–Crippen MR) is 437 cm³/mol. The van der Waals surface area contributed by atoms with Crippen LogP contribution in [0.5, 0.6) is 0 Å². The molecule has 0 heterocycles. The molecule has 0 spiro atoms. The molecule has 0 fully saturated rings. The fraction of sp³-hybridized carbons (Fsp3) is 0.954. The van der Waals surface area contributed by atoms with Crippen molar-refractivity contribution in [2.75, 3.05) is 39.6 Å². The Hall–Kier alpha value is -1.94. The fourth-order valence-electron chi connectivity index (χ4n) is 13.6. The van der Waals surface area contributed by atoms with Gasteiger partial charge in [-0.05, 0) is 31.6 Å². The lowest BCUT2D eigenvalue weighted by Gasteiger charge is -2.21. The Labute approximate surface area is 651 Å². The maximum Gasteiger partial charge on any atom is 0.472 e. The van der Waals surface area contributed by atoms with E-state index in [2.05, 4.69) is 34.6 Å². The molecule has 0 aliphatic carbocycles. The van der Waals surface area contributed by atoms with E-state index in [0.717, 1.165) is 95.8 Å². The van der Waals surface area contributed by atoms with Crippen LogP contribution in [0.4, 0.5) is 0 Å². The highest BCUT2D eigenvalue weighted by Gasteiger charge is 2.30. The van der Waals surface area contributed by atoms with Crippen LogP contribution in [0, 0.1) is 5.92 Å². The molecule has 0 aromatic heterocycles. The third kappa shape index (κ3) is 80.1. The molecular formula is C87H170O17P2. The standard InChI is InChI=1S/C87H170O17P2/c1-6-9-12-15-18-21-24-27-30-32-34-36-38-41-43-46-49-55-60-65-70-84(89)97-76-82(103-86(91)73-68-63-58-51-48-45-42-39-37-35-33-31-28-25-22-19-16-13-10-7-2)78-101-105(93,94)99-74-81(88)75-100-106(95,96)102-79-83(77-98-85(90)71-66-61-56-53-52-54-59-64-69-80(4)5)104-87(92)72-67-62-57-50-47-44-40-29-26-23-20-17-14-11-8-3/h80-83,88H,6-79H2,1-5H3,(H,93,94)(H,95,96)/t81-,82-,83-/m1/s1. The molecule has 0 rings (SSSR count). The second kappa shape index (κ2) is 79.7. The number of hydrogen-bond donors (Lipinski definition) is 3. The molecule has 0 bridgehead atoms. The van der Waals surface area contributed by atoms with Crippen molar-refractivity contribution in [2.45, 2.75) is 490 Å². The molecule has 630 valence electrons. The van der Waals surface area contributed by atoms with Crippen LogP contribution in [-0.4, -0.2) is 96.7 Å². The Bertz CT molecular complexity index is 2010. The Kier molecular flexibility index (Phi) is 78.2. The smallest absolute Gasteiger partial charge is 0.462 e. The first-order chi connectivity index (χ1) is 51.5. The molecule has 3 N–H and O–H groups in total. The number of aliphatic hydroxyl groups excluding tert-OH is 1. The number of unbranched alkanes of at least 4 members (excludes halogenated alkanes) is 59. The average Bonchev–Trinajstić information content (AvgIpc) is 0.934. The van der Waals surface area contributed by atoms with Gasteiger partial charge in [0.1, 0.15) is 19.3 Å². The summed E-state index contributed by atoms with van der Waals surface area (Å²) in [6.45, 7) is 7.34. The van der Waals surface area contributed by atoms with Crippen LogP contribution in [0.3, 0.4) is 0 Å². The van der Waals surface area contributed by atoms with Crippen LogP contribution in [-0.2, 0) is 65.4 Å². The van der Waals surface area contributed by atoms with Gasteiger partial charge in [-0.15, -0.1) is 0 Å². The minimum absolute atomic E-state index is 0.108. The van der Waals surface area contributed by atoms with Crippen LogP contribution < -0.4 is 0 Å². The van der Waals surface area contributed by atoms with Crippen molar-refractivity contribution in [1.29, 1.82) is 0 Å². The zero-order valence-electron chi connectivity index (χ0n) is 69.6. The summed E-state index contributed by atoms with van der Waals surface area (Å²) in [6.07, 6.45) is 73.7. The summed E-state index contributed by atoms with van der Waals surface area (Å²) in [5.41, 5.74) is 0. The quantitative estimate of drug-likeness (QED) is 0.0222. The van der Waals surface area contributed by atoms with Gasteiger partial charge in [0.05, 0.1) is 26.4 Å². The molecule has 0 radical (unpaired) electrons. The number of carbonyl (C=O) groups excluding carboxylic acids is 4. The summed E-state index contributed by atoms with van der Waals surface area (Å²) in [4.78, 5) is 73.3. The first-order valence-electron chi connectivity index (χ1n) is 45.1. The van der Waals surface area contributed by atoms with Crippen molar-refractivity contribution in [3.05, 3.63) is 0 Å². The molecule has 0 amide bonds. The van der Waals surface area contributed by atoms with Crippen LogP contribution in [0.15, 0.2) is 0 Å². The third-order valence-electron chi connectivity index (χ3n) is 20.5. The van der Waals surface area contributed by atoms with Crippen LogP contribution in [0.2, 0.25) is 0 Å². The number of ether oxygens (including phenoxy) is 4. The first-order valence-corrected chi connectivity index (χ1v) is 48.1. The molecule has 2 unspecified atom stereocenters. The largest absolute Gasteiger partial charge is 0.472 e. The topological polar surface area (TPSA) is 237 Å². The Balaban J connectivity index is 5.23. The molecule has 19 heteroatoms. The number of esters is 4. The van der Waals surface area contributed by atoms with E-state index in [1.54, 1.807) is 0 Å². The molecule has 17 nitrogen and oxygen atoms in total. The number of phosphoric ester groups is 2. The molecule has 0 aromatic carbocycles. The van der Waals surface area contributed by atoms with Crippen LogP contribution in [0.1, 0.15) is 471 Å². The monoisotopic (exact) mass is 1550 g/mol. The van der Waals surface area contributed by atoms with Gasteiger partial charge in [-0.3, -0.25) is 37.3 Å². The van der Waals surface area contributed by atoms with Gasteiger partial charge in [-0.2, -0.15) is 0 Å². The molecule has 0 aromatic rings. The molecular weight excluding hydrogens is 1380 g/mol. The highest BCUT2D eigenvalue weighted by atomic mass is 31.2. The van der Waals surface area contributed by atoms with Gasteiger partial charge in [0.2, 0.25) is 0 Å². The number of rotatable bonds is 87. The number of hydrogen-bond acceptors (Lipinski definition) is 15. The summed E-state index contributed by atoms with van der Waals surface area (Å²) in [5.74, 6) is -1.37. The van der Waals surface area contributed by atoms with Gasteiger partial charge in [0.15, 0.2) is 12.2 Å². The molecule has 0 saturated heterocycles. The Morgan fingerprint density at radius 1 is 0.255 bits per heavy atom. The predicted octanol–water partition coefficient (Wildman–Crippen LogP) is 26.8. The summed E-state index contributed by atoms with van der Waals surface area (Å²) >= 11 is 0. The summed E-state index contributed by atoms with van der Waals surface area (Å²) in [6, 6.07) is 0. The van der Waals surface area contributed by atoms with Crippen molar-refractivity contribution in [1.82, 2.24) is 0 Å². The normalized spacial score (nSPS) is 13.7. The molecule has 0 aliphatic rings. The summed E-state index contributed by atoms with van der Waals surface area (Å²) < 4.78 is 68.9. The average molecular weight is 1550 g/mol. The van der Waals surface area contributed by atoms with Gasteiger partial charge < -0.3 is 33.8 Å². The minimum Gasteiger partial charge on any atom is -0.462 e. The van der Waals surface area contributed by atoms with Gasteiger partial charge in [-0.25, -0.2) is 9.13 Å². The van der Waals surface area contributed by atoms with Crippen molar-refractivity contribution in [3.63, 3.8) is 0 Å². The number of carbonyl (C=O) groups is 4. The highest BCUT2D eigenvalue weighted by Crippen LogP contribution is 2.45. The maximum absolute atomic E-state index is 13.2. The number of aliphatic hydroxyl groups is 1. The molecule has 0 saturated carbocycles. The van der Waals surface area contributed by atoms with Crippen molar-refractivity contribution >= 4 is 39.5 Å². The summed E-state index contributed by atoms with van der Waals surface area (Å²) in [7, 11) is -9.93. The van der Waals surface area contributed by atoms with Crippen molar-refractivity contribution in [2.24, 2.45) is 5.92 Å². The number of phosphoric acid groups is 2.